The molecule has 0 fully saturated rings. The summed E-state index contributed by atoms with van der Waals surface area (Å²) >= 11 is 0. The van der Waals surface area contributed by atoms with E-state index in [4.69, 9.17) is 33.2 Å². The van der Waals surface area contributed by atoms with Gasteiger partial charge in [0.05, 0.1) is 55.7 Å². The van der Waals surface area contributed by atoms with Gasteiger partial charge < -0.3 is 33.2 Å². The van der Waals surface area contributed by atoms with Crippen LogP contribution in [-0.4, -0.2) is 49.8 Å². The topological polar surface area (TPSA) is 64.6 Å². The Balaban J connectivity index is 2.50. The van der Waals surface area contributed by atoms with Gasteiger partial charge in [-0.05, 0) is 18.6 Å². The molecular weight excluding hydrogens is 436 g/mol. The molecule has 34 heavy (non-hydrogen) atoms. The van der Waals surface area contributed by atoms with E-state index in [9.17, 15) is 0 Å². The Hall–Kier alpha value is -3.74. The number of hydrogen-bond acceptors (Lipinski definition) is 7. The van der Waals surface area contributed by atoms with E-state index in [0.717, 1.165) is 22.3 Å². The van der Waals surface area contributed by atoms with Gasteiger partial charge in [0.25, 0.3) is 0 Å². The maximum absolute atomic E-state index is 5.84. The summed E-state index contributed by atoms with van der Waals surface area (Å²) in [4.78, 5) is 0. The van der Waals surface area contributed by atoms with Crippen molar-refractivity contribution in [3.8, 4) is 40.2 Å². The maximum Gasteiger partial charge on any atom is 0.130 e. The largest absolute Gasteiger partial charge is 0.496 e. The molecule has 7 nitrogen and oxygen atoms in total. The summed E-state index contributed by atoms with van der Waals surface area (Å²) in [5, 5.41) is 0. The van der Waals surface area contributed by atoms with Crippen molar-refractivity contribution >= 4 is 0 Å². The minimum Gasteiger partial charge on any atom is -0.496 e. The summed E-state index contributed by atoms with van der Waals surface area (Å²) in [6.45, 7) is 2.02. The molecule has 0 aliphatic rings. The summed E-state index contributed by atoms with van der Waals surface area (Å²) in [5.74, 6) is 3.84. The molecular formula is C27H32O7. The van der Waals surface area contributed by atoms with E-state index in [1.54, 1.807) is 49.8 Å². The minimum atomic E-state index is -0.442. The minimum absolute atomic E-state index is 0.442. The highest BCUT2D eigenvalue weighted by Crippen LogP contribution is 2.52. The summed E-state index contributed by atoms with van der Waals surface area (Å²) in [7, 11) is 11.3. The van der Waals surface area contributed by atoms with Gasteiger partial charge in [-0.3, -0.25) is 0 Å². The summed E-state index contributed by atoms with van der Waals surface area (Å²) < 4.78 is 40.1. The predicted molar refractivity (Wildman–Crippen MR) is 131 cm³/mol. The fourth-order valence-corrected chi connectivity index (χ4v) is 4.15. The van der Waals surface area contributed by atoms with Gasteiger partial charge in [-0.25, -0.2) is 0 Å². The third-order valence-corrected chi connectivity index (χ3v) is 5.78. The number of rotatable bonds is 10. The van der Waals surface area contributed by atoms with Crippen molar-refractivity contribution in [1.82, 2.24) is 0 Å². The Morgan fingerprint density at radius 3 is 1.18 bits per heavy atom. The Morgan fingerprint density at radius 2 is 0.853 bits per heavy atom. The van der Waals surface area contributed by atoms with Crippen LogP contribution in [0.1, 0.15) is 28.2 Å². The zero-order chi connectivity index (χ0) is 24.8. The molecule has 3 rings (SSSR count). The fourth-order valence-electron chi connectivity index (χ4n) is 4.15. The first kappa shape index (κ1) is 24.9. The second kappa shape index (κ2) is 10.9. The standard InChI is InChI=1S/C27H32O7/c1-16-9-10-19(20(11-16)30-4)25(26-21(31-5)12-17(28-2)13-22(26)32-6)27-23(33-7)14-18(29-3)15-24(27)34-8/h9-15,25H,1-8H3. The van der Waals surface area contributed by atoms with Crippen LogP contribution in [0.2, 0.25) is 0 Å². The van der Waals surface area contributed by atoms with Crippen LogP contribution >= 0.6 is 0 Å². The molecule has 0 aliphatic carbocycles. The van der Waals surface area contributed by atoms with E-state index in [1.807, 2.05) is 49.4 Å². The van der Waals surface area contributed by atoms with E-state index in [1.165, 1.54) is 0 Å². The van der Waals surface area contributed by atoms with E-state index in [2.05, 4.69) is 0 Å². The van der Waals surface area contributed by atoms with Crippen LogP contribution < -0.4 is 33.2 Å². The van der Waals surface area contributed by atoms with E-state index in [-0.39, 0.29) is 0 Å². The Bertz CT molecular complexity index is 1030. The highest BCUT2D eigenvalue weighted by Gasteiger charge is 2.33. The highest BCUT2D eigenvalue weighted by molar-refractivity contribution is 5.66. The van der Waals surface area contributed by atoms with Crippen LogP contribution in [0.4, 0.5) is 0 Å². The monoisotopic (exact) mass is 468 g/mol. The number of methoxy groups -OCH3 is 7. The molecule has 3 aromatic rings. The van der Waals surface area contributed by atoms with Crippen molar-refractivity contribution in [2.45, 2.75) is 12.8 Å². The van der Waals surface area contributed by atoms with Gasteiger partial charge in [0.1, 0.15) is 40.2 Å². The first-order valence-corrected chi connectivity index (χ1v) is 10.7. The van der Waals surface area contributed by atoms with Crippen molar-refractivity contribution in [3.63, 3.8) is 0 Å². The molecule has 0 N–H and O–H groups in total. The van der Waals surface area contributed by atoms with E-state index in [0.29, 0.717) is 40.2 Å². The molecule has 0 spiro atoms. The fraction of sp³-hybridized carbons (Fsp3) is 0.333. The van der Waals surface area contributed by atoms with Crippen LogP contribution in [-0.2, 0) is 0 Å². The van der Waals surface area contributed by atoms with Gasteiger partial charge in [-0.2, -0.15) is 0 Å². The van der Waals surface area contributed by atoms with Gasteiger partial charge >= 0.3 is 0 Å². The molecule has 0 bridgehead atoms. The van der Waals surface area contributed by atoms with Crippen LogP contribution in [0.15, 0.2) is 42.5 Å². The summed E-state index contributed by atoms with van der Waals surface area (Å²) in [5.41, 5.74) is 3.50. The molecule has 3 aromatic carbocycles. The number of aryl methyl sites for hydroxylation is 1. The average Bonchev–Trinajstić information content (AvgIpc) is 2.88. The van der Waals surface area contributed by atoms with Gasteiger partial charge in [0.15, 0.2) is 0 Å². The predicted octanol–water partition coefficient (Wildman–Crippen LogP) is 5.24. The van der Waals surface area contributed by atoms with Crippen LogP contribution in [0.3, 0.4) is 0 Å². The zero-order valence-electron chi connectivity index (χ0n) is 21.0. The van der Waals surface area contributed by atoms with Gasteiger partial charge in [0, 0.05) is 41.0 Å². The maximum atomic E-state index is 5.84. The van der Waals surface area contributed by atoms with Gasteiger partial charge in [-0.15, -0.1) is 0 Å². The van der Waals surface area contributed by atoms with Crippen molar-refractivity contribution < 1.29 is 33.2 Å². The Kier molecular flexibility index (Phi) is 7.99. The lowest BCUT2D eigenvalue weighted by Crippen LogP contribution is -2.12. The van der Waals surface area contributed by atoms with Crippen LogP contribution in [0.25, 0.3) is 0 Å². The molecule has 0 aromatic heterocycles. The lowest BCUT2D eigenvalue weighted by molar-refractivity contribution is 0.357. The first-order chi connectivity index (χ1) is 16.5. The quantitative estimate of drug-likeness (QED) is 0.377. The SMILES string of the molecule is COc1cc(OC)c(C(c2ccc(C)cc2OC)c2c(OC)cc(OC)cc2OC)c(OC)c1. The summed E-state index contributed by atoms with van der Waals surface area (Å²) in [6, 6.07) is 13.4. The van der Waals surface area contributed by atoms with Crippen molar-refractivity contribution in [2.24, 2.45) is 0 Å². The second-order valence-corrected chi connectivity index (χ2v) is 7.57. The molecule has 0 unspecified atom stereocenters. The third kappa shape index (κ3) is 4.64. The van der Waals surface area contributed by atoms with Crippen molar-refractivity contribution in [1.29, 1.82) is 0 Å². The molecule has 0 heterocycles. The van der Waals surface area contributed by atoms with E-state index < -0.39 is 5.92 Å². The lowest BCUT2D eigenvalue weighted by Gasteiger charge is -2.28. The number of ether oxygens (including phenoxy) is 7. The lowest BCUT2D eigenvalue weighted by atomic mass is 9.82. The van der Waals surface area contributed by atoms with Crippen molar-refractivity contribution in [3.05, 3.63) is 64.7 Å². The Morgan fingerprint density at radius 1 is 0.471 bits per heavy atom. The van der Waals surface area contributed by atoms with Crippen LogP contribution in [0, 0.1) is 6.92 Å². The molecule has 0 saturated carbocycles. The molecule has 0 amide bonds. The molecule has 0 saturated heterocycles. The third-order valence-electron chi connectivity index (χ3n) is 5.78. The highest BCUT2D eigenvalue weighted by atomic mass is 16.5. The van der Waals surface area contributed by atoms with Crippen LogP contribution in [0.5, 0.6) is 40.2 Å². The normalized spacial score (nSPS) is 10.6. The molecule has 7 heteroatoms. The first-order valence-electron chi connectivity index (χ1n) is 10.7. The van der Waals surface area contributed by atoms with E-state index >= 15 is 0 Å². The van der Waals surface area contributed by atoms with Gasteiger partial charge in [-0.1, -0.05) is 12.1 Å². The molecule has 0 atom stereocenters. The summed E-state index contributed by atoms with van der Waals surface area (Å²) in [6.07, 6.45) is 0. The zero-order valence-corrected chi connectivity index (χ0v) is 21.0. The smallest absolute Gasteiger partial charge is 0.130 e. The molecule has 0 aliphatic heterocycles. The Labute approximate surface area is 201 Å². The second-order valence-electron chi connectivity index (χ2n) is 7.57. The number of benzene rings is 3. The van der Waals surface area contributed by atoms with Gasteiger partial charge in [0.2, 0.25) is 0 Å². The average molecular weight is 469 g/mol. The van der Waals surface area contributed by atoms with Crippen molar-refractivity contribution in [2.75, 3.05) is 49.8 Å². The number of hydrogen-bond donors (Lipinski definition) is 0. The molecule has 182 valence electrons. The molecule has 0 radical (unpaired) electrons.